The molecule has 2 aromatic rings. The second-order valence-corrected chi connectivity index (χ2v) is 4.97. The maximum Gasteiger partial charge on any atom is 0.276 e. The first-order valence-corrected chi connectivity index (χ1v) is 6.68. The van der Waals surface area contributed by atoms with Crippen LogP contribution in [0.15, 0.2) is 33.4 Å². The third-order valence-corrected chi connectivity index (χ3v) is 3.65. The first-order valence-electron chi connectivity index (χ1n) is 6.68. The second kappa shape index (κ2) is 5.50. The molecule has 2 aromatic heterocycles. The van der Waals surface area contributed by atoms with E-state index in [1.807, 2.05) is 0 Å². The lowest BCUT2D eigenvalue weighted by Crippen LogP contribution is -2.39. The molecule has 106 valence electrons. The van der Waals surface area contributed by atoms with Gasteiger partial charge in [0.05, 0.1) is 6.26 Å². The number of hydrogen-bond acceptors (Lipinski definition) is 5. The molecule has 1 saturated heterocycles. The van der Waals surface area contributed by atoms with Crippen LogP contribution >= 0.6 is 0 Å². The molecule has 20 heavy (non-hydrogen) atoms. The summed E-state index contributed by atoms with van der Waals surface area (Å²) in [6.07, 6.45) is 3.19. The number of aromatic nitrogens is 1. The van der Waals surface area contributed by atoms with E-state index in [9.17, 15) is 4.79 Å². The van der Waals surface area contributed by atoms with Crippen LogP contribution in [0.3, 0.4) is 0 Å². The van der Waals surface area contributed by atoms with E-state index in [0.29, 0.717) is 36.2 Å². The van der Waals surface area contributed by atoms with Crippen LogP contribution in [0.1, 0.15) is 23.3 Å². The number of likely N-dealkylation sites (tertiary alicyclic amines) is 1. The zero-order valence-electron chi connectivity index (χ0n) is 11.0. The fourth-order valence-electron chi connectivity index (χ4n) is 2.39. The largest absolute Gasteiger partial charge is 0.461 e. The molecule has 0 aliphatic carbocycles. The molecule has 3 rings (SSSR count). The summed E-state index contributed by atoms with van der Waals surface area (Å²) in [5, 5.41) is 12.9. The molecule has 0 radical (unpaired) electrons. The highest BCUT2D eigenvalue weighted by atomic mass is 16.5. The monoisotopic (exact) mass is 276 g/mol. The van der Waals surface area contributed by atoms with Crippen molar-refractivity contribution >= 4 is 5.91 Å². The van der Waals surface area contributed by atoms with Gasteiger partial charge >= 0.3 is 0 Å². The van der Waals surface area contributed by atoms with Crippen LogP contribution in [0.2, 0.25) is 0 Å². The molecule has 1 fully saturated rings. The van der Waals surface area contributed by atoms with Gasteiger partial charge < -0.3 is 18.9 Å². The van der Waals surface area contributed by atoms with Crippen LogP contribution in [0.5, 0.6) is 0 Å². The predicted octanol–water partition coefficient (Wildman–Crippen LogP) is 1.78. The van der Waals surface area contributed by atoms with E-state index in [4.69, 9.17) is 14.0 Å². The molecule has 0 aromatic carbocycles. The molecule has 0 bridgehead atoms. The Bertz CT molecular complexity index is 568. The van der Waals surface area contributed by atoms with Crippen molar-refractivity contribution in [3.05, 3.63) is 30.2 Å². The van der Waals surface area contributed by atoms with Gasteiger partial charge in [0.25, 0.3) is 5.91 Å². The van der Waals surface area contributed by atoms with Crippen LogP contribution < -0.4 is 0 Å². The van der Waals surface area contributed by atoms with Gasteiger partial charge in [-0.3, -0.25) is 4.79 Å². The SMILES string of the molecule is O=C(c1cc(-c2ccco2)on1)N1CCC(CO)CC1. The van der Waals surface area contributed by atoms with Gasteiger partial charge in [-0.25, -0.2) is 0 Å². The molecule has 3 heterocycles. The summed E-state index contributed by atoms with van der Waals surface area (Å²) in [4.78, 5) is 14.0. The normalized spacial score (nSPS) is 16.6. The molecule has 1 amide bonds. The predicted molar refractivity (Wildman–Crippen MR) is 69.9 cm³/mol. The molecule has 1 aliphatic rings. The number of piperidine rings is 1. The van der Waals surface area contributed by atoms with E-state index in [2.05, 4.69) is 5.16 Å². The van der Waals surface area contributed by atoms with E-state index >= 15 is 0 Å². The van der Waals surface area contributed by atoms with Gasteiger partial charge in [0, 0.05) is 25.8 Å². The standard InChI is InChI=1S/C14H16N2O4/c17-9-10-3-5-16(6-4-10)14(18)11-8-13(20-15-11)12-2-1-7-19-12/h1-2,7-8,10,17H,3-6,9H2. The van der Waals surface area contributed by atoms with Gasteiger partial charge in [0.1, 0.15) is 0 Å². The molecule has 6 nitrogen and oxygen atoms in total. The number of furan rings is 1. The topological polar surface area (TPSA) is 79.7 Å². The van der Waals surface area contributed by atoms with Gasteiger partial charge in [-0.15, -0.1) is 0 Å². The van der Waals surface area contributed by atoms with E-state index in [0.717, 1.165) is 12.8 Å². The molecule has 0 saturated carbocycles. The van der Waals surface area contributed by atoms with E-state index < -0.39 is 0 Å². The van der Waals surface area contributed by atoms with Crippen molar-refractivity contribution in [3.8, 4) is 11.5 Å². The summed E-state index contributed by atoms with van der Waals surface area (Å²) in [5.74, 6) is 1.16. The van der Waals surface area contributed by atoms with Gasteiger partial charge in [-0.05, 0) is 30.9 Å². The summed E-state index contributed by atoms with van der Waals surface area (Å²) in [5.41, 5.74) is 0.291. The van der Waals surface area contributed by atoms with E-state index in [-0.39, 0.29) is 12.5 Å². The lowest BCUT2D eigenvalue weighted by molar-refractivity contribution is 0.0641. The number of aliphatic hydroxyl groups is 1. The molecule has 1 aliphatic heterocycles. The number of hydrogen-bond donors (Lipinski definition) is 1. The lowest BCUT2D eigenvalue weighted by Gasteiger charge is -2.30. The molecule has 0 spiro atoms. The van der Waals surface area contributed by atoms with Gasteiger partial charge in [0.15, 0.2) is 11.5 Å². The van der Waals surface area contributed by atoms with Gasteiger partial charge in [-0.1, -0.05) is 5.16 Å². The minimum absolute atomic E-state index is 0.136. The molecule has 0 unspecified atom stereocenters. The Hall–Kier alpha value is -2.08. The fourth-order valence-corrected chi connectivity index (χ4v) is 2.39. The van der Waals surface area contributed by atoms with Crippen molar-refractivity contribution in [3.63, 3.8) is 0 Å². The minimum atomic E-state index is -0.136. The molecule has 6 heteroatoms. The molecular weight excluding hydrogens is 260 g/mol. The quantitative estimate of drug-likeness (QED) is 0.924. The zero-order chi connectivity index (χ0) is 13.9. The van der Waals surface area contributed by atoms with Crippen LogP contribution in [0.25, 0.3) is 11.5 Å². The first-order chi connectivity index (χ1) is 9.78. The average molecular weight is 276 g/mol. The number of carbonyl (C=O) groups is 1. The van der Waals surface area contributed by atoms with Crippen molar-refractivity contribution in [1.29, 1.82) is 0 Å². The Morgan fingerprint density at radius 1 is 1.40 bits per heavy atom. The molecular formula is C14H16N2O4. The Morgan fingerprint density at radius 2 is 2.20 bits per heavy atom. The second-order valence-electron chi connectivity index (χ2n) is 4.97. The maximum atomic E-state index is 12.3. The minimum Gasteiger partial charge on any atom is -0.461 e. The van der Waals surface area contributed by atoms with Crippen LogP contribution in [-0.4, -0.2) is 40.8 Å². The van der Waals surface area contributed by atoms with Crippen molar-refractivity contribution < 1.29 is 18.8 Å². The van der Waals surface area contributed by atoms with Crippen molar-refractivity contribution in [2.45, 2.75) is 12.8 Å². The number of rotatable bonds is 3. The van der Waals surface area contributed by atoms with Crippen molar-refractivity contribution in [2.24, 2.45) is 5.92 Å². The van der Waals surface area contributed by atoms with Gasteiger partial charge in [-0.2, -0.15) is 0 Å². The van der Waals surface area contributed by atoms with Gasteiger partial charge in [0.2, 0.25) is 5.76 Å². The van der Waals surface area contributed by atoms with Crippen molar-refractivity contribution in [2.75, 3.05) is 19.7 Å². The zero-order valence-corrected chi connectivity index (χ0v) is 11.0. The Kier molecular flexibility index (Phi) is 3.56. The summed E-state index contributed by atoms with van der Waals surface area (Å²) in [6, 6.07) is 5.10. The highest BCUT2D eigenvalue weighted by Crippen LogP contribution is 2.23. The first kappa shape index (κ1) is 12.9. The summed E-state index contributed by atoms with van der Waals surface area (Å²) in [6.45, 7) is 1.48. The Labute approximate surface area is 116 Å². The van der Waals surface area contributed by atoms with Crippen molar-refractivity contribution in [1.82, 2.24) is 10.1 Å². The van der Waals surface area contributed by atoms with E-state index in [1.165, 1.54) is 0 Å². The molecule has 1 N–H and O–H groups in total. The van der Waals surface area contributed by atoms with Crippen LogP contribution in [-0.2, 0) is 0 Å². The fraction of sp³-hybridized carbons (Fsp3) is 0.429. The average Bonchev–Trinajstić information content (AvgIpc) is 3.17. The lowest BCUT2D eigenvalue weighted by atomic mass is 9.98. The third-order valence-electron chi connectivity index (χ3n) is 3.65. The summed E-state index contributed by atoms with van der Waals surface area (Å²) in [7, 11) is 0. The highest BCUT2D eigenvalue weighted by molar-refractivity contribution is 5.93. The number of amides is 1. The number of carbonyl (C=O) groups excluding carboxylic acids is 1. The summed E-state index contributed by atoms with van der Waals surface area (Å²) >= 11 is 0. The Morgan fingerprint density at radius 3 is 2.85 bits per heavy atom. The smallest absolute Gasteiger partial charge is 0.276 e. The highest BCUT2D eigenvalue weighted by Gasteiger charge is 2.25. The van der Waals surface area contributed by atoms with Crippen LogP contribution in [0, 0.1) is 5.92 Å². The number of nitrogens with zero attached hydrogens (tertiary/aromatic N) is 2. The Balaban J connectivity index is 1.69. The maximum absolute atomic E-state index is 12.3. The van der Waals surface area contributed by atoms with E-state index in [1.54, 1.807) is 29.4 Å². The third kappa shape index (κ3) is 2.46. The number of aliphatic hydroxyl groups excluding tert-OH is 1. The van der Waals surface area contributed by atoms with Crippen LogP contribution in [0.4, 0.5) is 0 Å². The summed E-state index contributed by atoms with van der Waals surface area (Å²) < 4.78 is 10.3. The molecule has 0 atom stereocenters.